The van der Waals surface area contributed by atoms with Crippen LogP contribution in [0.4, 0.5) is 0 Å². The zero-order valence-electron chi connectivity index (χ0n) is 15.8. The van der Waals surface area contributed by atoms with Crippen molar-refractivity contribution >= 4 is 5.91 Å². The lowest BCUT2D eigenvalue weighted by molar-refractivity contribution is 0.0947. The fourth-order valence-corrected chi connectivity index (χ4v) is 2.66. The van der Waals surface area contributed by atoms with Crippen molar-refractivity contribution in [2.24, 2.45) is 5.73 Å². The lowest BCUT2D eigenvalue weighted by atomic mass is 10.1. The molecule has 2 atom stereocenters. The maximum absolute atomic E-state index is 12.0. The average Bonchev–Trinajstić information content (AvgIpc) is 3.08. The molecule has 6 nitrogen and oxygen atoms in total. The number of rotatable bonds is 14. The number of hydrogen-bond donors (Lipinski definition) is 3. The van der Waals surface area contributed by atoms with Crippen LogP contribution in [-0.4, -0.2) is 28.6 Å². The van der Waals surface area contributed by atoms with E-state index in [1.165, 1.54) is 57.6 Å². The predicted molar refractivity (Wildman–Crippen MR) is 99.3 cm³/mol. The first-order valence-electron chi connectivity index (χ1n) is 9.73. The summed E-state index contributed by atoms with van der Waals surface area (Å²) in [6, 6.07) is -0.719. The number of unbranched alkanes of at least 4 members (excludes halogenated alkanes) is 9. The van der Waals surface area contributed by atoms with E-state index in [-0.39, 0.29) is 17.5 Å². The van der Waals surface area contributed by atoms with E-state index in [4.69, 9.17) is 10.2 Å². The second-order valence-corrected chi connectivity index (χ2v) is 6.78. The number of aliphatic hydroxyl groups is 1. The van der Waals surface area contributed by atoms with Crippen LogP contribution in [0.1, 0.15) is 100 Å². The normalized spacial score (nSPS) is 13.6. The van der Waals surface area contributed by atoms with Gasteiger partial charge in [-0.3, -0.25) is 4.79 Å². The molecule has 0 saturated carbocycles. The summed E-state index contributed by atoms with van der Waals surface area (Å²) < 4.78 is 5.16. The fraction of sp³-hybridized carbons (Fsp3) is 0.789. The number of aliphatic hydroxyl groups excluding tert-OH is 1. The zero-order valence-corrected chi connectivity index (χ0v) is 15.8. The van der Waals surface area contributed by atoms with Crippen LogP contribution in [0.3, 0.4) is 0 Å². The second kappa shape index (κ2) is 12.9. The van der Waals surface area contributed by atoms with Gasteiger partial charge < -0.3 is 20.6 Å². The number of nitrogens with two attached hydrogens (primary N) is 1. The van der Waals surface area contributed by atoms with Crippen LogP contribution >= 0.6 is 0 Å². The van der Waals surface area contributed by atoms with Crippen LogP contribution in [0.25, 0.3) is 0 Å². The largest absolute Gasteiger partial charge is 0.446 e. The van der Waals surface area contributed by atoms with Crippen molar-refractivity contribution in [3.63, 3.8) is 0 Å². The first-order valence-corrected chi connectivity index (χ1v) is 9.73. The highest BCUT2D eigenvalue weighted by Gasteiger charge is 2.20. The van der Waals surface area contributed by atoms with Crippen molar-refractivity contribution < 1.29 is 14.3 Å². The van der Waals surface area contributed by atoms with E-state index in [1.807, 2.05) is 0 Å². The topological polar surface area (TPSA) is 101 Å². The molecule has 0 fully saturated rings. The molecule has 4 N–H and O–H groups in total. The summed E-state index contributed by atoms with van der Waals surface area (Å²) in [6.07, 6.45) is 13.2. The van der Waals surface area contributed by atoms with Gasteiger partial charge in [-0.2, -0.15) is 0 Å². The molecule has 25 heavy (non-hydrogen) atoms. The van der Waals surface area contributed by atoms with Crippen LogP contribution < -0.4 is 11.1 Å². The Labute approximate surface area is 151 Å². The number of nitrogens with one attached hydrogen (secondary N) is 1. The molecule has 0 radical (unpaired) electrons. The molecule has 1 heterocycles. The standard InChI is InChI=1S/C19H35N3O3/c1-3-4-5-6-7-8-9-10-11-12-13-21-18(24)16-14-25-19(22-16)17(20)15(2)23/h14-15,17,23H,3-13,20H2,1-2H3,(H,21,24). The van der Waals surface area contributed by atoms with Crippen LogP contribution in [-0.2, 0) is 0 Å². The van der Waals surface area contributed by atoms with Gasteiger partial charge in [0.1, 0.15) is 12.3 Å². The predicted octanol–water partition coefficient (Wildman–Crippen LogP) is 3.71. The molecule has 0 saturated heterocycles. The highest BCUT2D eigenvalue weighted by atomic mass is 16.3. The number of oxazole rings is 1. The van der Waals surface area contributed by atoms with Gasteiger partial charge in [-0.25, -0.2) is 4.98 Å². The minimum absolute atomic E-state index is 0.180. The summed E-state index contributed by atoms with van der Waals surface area (Å²) >= 11 is 0. The van der Waals surface area contributed by atoms with Crippen LogP contribution in [0.5, 0.6) is 0 Å². The van der Waals surface area contributed by atoms with Gasteiger partial charge in [0.05, 0.1) is 6.10 Å². The Morgan fingerprint density at radius 1 is 1.16 bits per heavy atom. The lowest BCUT2D eigenvalue weighted by Gasteiger charge is -2.09. The van der Waals surface area contributed by atoms with Gasteiger partial charge in [0.25, 0.3) is 5.91 Å². The molecule has 0 aromatic carbocycles. The first kappa shape index (κ1) is 21.6. The molecule has 0 aliphatic rings. The summed E-state index contributed by atoms with van der Waals surface area (Å²) in [4.78, 5) is 16.0. The smallest absolute Gasteiger partial charge is 0.273 e. The maximum atomic E-state index is 12.0. The lowest BCUT2D eigenvalue weighted by Crippen LogP contribution is -2.26. The zero-order chi connectivity index (χ0) is 18.5. The van der Waals surface area contributed by atoms with Crippen molar-refractivity contribution in [3.8, 4) is 0 Å². The van der Waals surface area contributed by atoms with E-state index in [2.05, 4.69) is 17.2 Å². The third-order valence-electron chi connectivity index (χ3n) is 4.38. The summed E-state index contributed by atoms with van der Waals surface area (Å²) in [5, 5.41) is 12.3. The van der Waals surface area contributed by atoms with Crippen molar-refractivity contribution in [1.29, 1.82) is 0 Å². The molecule has 1 rings (SSSR count). The van der Waals surface area contributed by atoms with E-state index in [9.17, 15) is 9.90 Å². The molecule has 144 valence electrons. The number of hydrogen-bond acceptors (Lipinski definition) is 5. The SMILES string of the molecule is CCCCCCCCCCCCNC(=O)c1coc(C(N)C(C)O)n1. The molecule has 0 aliphatic heterocycles. The second-order valence-electron chi connectivity index (χ2n) is 6.78. The van der Waals surface area contributed by atoms with Crippen molar-refractivity contribution in [3.05, 3.63) is 17.8 Å². The Bertz CT molecular complexity index is 474. The van der Waals surface area contributed by atoms with E-state index in [0.29, 0.717) is 6.54 Å². The number of nitrogens with zero attached hydrogens (tertiary/aromatic N) is 1. The molecule has 1 amide bonds. The van der Waals surface area contributed by atoms with Crippen LogP contribution in [0.2, 0.25) is 0 Å². The highest BCUT2D eigenvalue weighted by molar-refractivity contribution is 5.91. The van der Waals surface area contributed by atoms with Crippen LogP contribution in [0, 0.1) is 0 Å². The van der Waals surface area contributed by atoms with Gasteiger partial charge in [-0.15, -0.1) is 0 Å². The number of carbonyl (C=O) groups is 1. The minimum atomic E-state index is -0.777. The quantitative estimate of drug-likeness (QED) is 0.443. The minimum Gasteiger partial charge on any atom is -0.446 e. The van der Waals surface area contributed by atoms with Gasteiger partial charge in [0.15, 0.2) is 5.69 Å². The summed E-state index contributed by atoms with van der Waals surface area (Å²) in [5.74, 6) is -0.0807. The van der Waals surface area contributed by atoms with E-state index in [0.717, 1.165) is 12.8 Å². The van der Waals surface area contributed by atoms with Crippen molar-refractivity contribution in [2.75, 3.05) is 6.54 Å². The Hall–Kier alpha value is -1.40. The molecule has 0 aliphatic carbocycles. The van der Waals surface area contributed by atoms with Gasteiger partial charge in [-0.1, -0.05) is 64.7 Å². The summed E-state index contributed by atoms with van der Waals surface area (Å²) in [5.41, 5.74) is 5.93. The number of aromatic nitrogens is 1. The Kier molecular flexibility index (Phi) is 11.2. The van der Waals surface area contributed by atoms with Gasteiger partial charge in [0.2, 0.25) is 5.89 Å². The van der Waals surface area contributed by atoms with Crippen molar-refractivity contribution in [1.82, 2.24) is 10.3 Å². The number of carbonyl (C=O) groups excluding carboxylic acids is 1. The van der Waals surface area contributed by atoms with Gasteiger partial charge in [0, 0.05) is 6.54 Å². The van der Waals surface area contributed by atoms with Crippen LogP contribution in [0.15, 0.2) is 10.7 Å². The molecular formula is C19H35N3O3. The van der Waals surface area contributed by atoms with Crippen molar-refractivity contribution in [2.45, 2.75) is 90.2 Å². The average molecular weight is 354 g/mol. The monoisotopic (exact) mass is 353 g/mol. The summed E-state index contributed by atoms with van der Waals surface area (Å²) in [6.45, 7) is 4.44. The first-order chi connectivity index (χ1) is 12.1. The molecule has 1 aromatic heterocycles. The summed E-state index contributed by atoms with van der Waals surface area (Å²) in [7, 11) is 0. The number of amides is 1. The molecule has 0 spiro atoms. The Morgan fingerprint density at radius 2 is 1.72 bits per heavy atom. The fourth-order valence-electron chi connectivity index (χ4n) is 2.66. The maximum Gasteiger partial charge on any atom is 0.273 e. The van der Waals surface area contributed by atoms with E-state index in [1.54, 1.807) is 6.92 Å². The van der Waals surface area contributed by atoms with Gasteiger partial charge >= 0.3 is 0 Å². The molecule has 2 unspecified atom stereocenters. The third-order valence-corrected chi connectivity index (χ3v) is 4.38. The third kappa shape index (κ3) is 9.02. The molecule has 6 heteroatoms. The molecular weight excluding hydrogens is 318 g/mol. The van der Waals surface area contributed by atoms with E-state index >= 15 is 0 Å². The van der Waals surface area contributed by atoms with Gasteiger partial charge in [-0.05, 0) is 13.3 Å². The Balaban J connectivity index is 2.06. The van der Waals surface area contributed by atoms with E-state index < -0.39 is 12.1 Å². The molecule has 1 aromatic rings. The highest BCUT2D eigenvalue weighted by Crippen LogP contribution is 2.14. The Morgan fingerprint density at radius 3 is 2.28 bits per heavy atom. The molecule has 0 bridgehead atoms.